The minimum atomic E-state index is -0.746. The molecule has 0 aliphatic carbocycles. The van der Waals surface area contributed by atoms with Crippen molar-refractivity contribution >= 4 is 17.5 Å². The van der Waals surface area contributed by atoms with Crippen LogP contribution in [0.2, 0.25) is 5.22 Å². The Balaban J connectivity index is 1.54. The first-order valence-electron chi connectivity index (χ1n) is 9.13. The van der Waals surface area contributed by atoms with E-state index >= 15 is 0 Å². The van der Waals surface area contributed by atoms with Gasteiger partial charge in [-0.25, -0.2) is 0 Å². The largest absolute Gasteiger partial charge is 0.489 e. The number of hydrogen-bond donors (Lipinski definition) is 1. The van der Waals surface area contributed by atoms with E-state index in [0.717, 1.165) is 5.56 Å². The molecule has 1 amide bonds. The molecular formula is C22H20ClN3O3. The van der Waals surface area contributed by atoms with Crippen molar-refractivity contribution in [2.75, 3.05) is 0 Å². The van der Waals surface area contributed by atoms with Crippen LogP contribution in [0.4, 0.5) is 0 Å². The van der Waals surface area contributed by atoms with Crippen LogP contribution in [-0.2, 0) is 17.8 Å². The molecule has 0 aliphatic rings. The fourth-order valence-electron chi connectivity index (χ4n) is 2.80. The van der Waals surface area contributed by atoms with Gasteiger partial charge in [-0.15, -0.1) is 0 Å². The topological polar surface area (TPSA) is 88.2 Å². The molecule has 0 saturated heterocycles. The maximum Gasteiger partial charge on any atom is 0.229 e. The number of nitriles is 1. The van der Waals surface area contributed by atoms with Crippen molar-refractivity contribution in [3.63, 3.8) is 0 Å². The van der Waals surface area contributed by atoms with Crippen molar-refractivity contribution in [3.05, 3.63) is 82.2 Å². The van der Waals surface area contributed by atoms with Crippen LogP contribution in [0, 0.1) is 18.3 Å². The maximum absolute atomic E-state index is 12.2. The van der Waals surface area contributed by atoms with Gasteiger partial charge >= 0.3 is 0 Å². The molecule has 0 fully saturated rings. The highest BCUT2D eigenvalue weighted by molar-refractivity contribution is 6.29. The van der Waals surface area contributed by atoms with E-state index in [1.165, 1.54) is 0 Å². The highest BCUT2D eigenvalue weighted by atomic mass is 35.5. The lowest BCUT2D eigenvalue weighted by atomic mass is 10.1. The Morgan fingerprint density at radius 3 is 2.59 bits per heavy atom. The number of rotatable bonds is 8. The standard InChI is InChI=1S/C22H20ClN3O3/c1-15-19(22(23)29-26-15)11-12-21(27)25-20(13-24)17-7-9-18(10-8-17)28-14-16-5-3-2-4-6-16/h2-10,20H,11-12,14H2,1H3,(H,25,27). The van der Waals surface area contributed by atoms with Crippen LogP contribution in [0.25, 0.3) is 0 Å². The third-order valence-corrected chi connectivity index (χ3v) is 4.73. The van der Waals surface area contributed by atoms with Crippen LogP contribution < -0.4 is 10.1 Å². The van der Waals surface area contributed by atoms with Gasteiger partial charge in [-0.2, -0.15) is 5.26 Å². The van der Waals surface area contributed by atoms with E-state index in [1.54, 1.807) is 31.2 Å². The fourth-order valence-corrected chi connectivity index (χ4v) is 3.07. The molecule has 0 saturated carbocycles. The van der Waals surface area contributed by atoms with Crippen molar-refractivity contribution in [3.8, 4) is 11.8 Å². The molecule has 3 rings (SSSR count). The summed E-state index contributed by atoms with van der Waals surface area (Å²) in [5.41, 5.74) is 3.12. The van der Waals surface area contributed by atoms with Gasteiger partial charge in [-0.05, 0) is 48.2 Å². The van der Waals surface area contributed by atoms with Crippen LogP contribution in [0.5, 0.6) is 5.75 Å². The molecule has 1 atom stereocenters. The van der Waals surface area contributed by atoms with E-state index in [2.05, 4.69) is 16.5 Å². The van der Waals surface area contributed by atoms with Crippen molar-refractivity contribution < 1.29 is 14.1 Å². The summed E-state index contributed by atoms with van der Waals surface area (Å²) >= 11 is 5.91. The first-order valence-corrected chi connectivity index (χ1v) is 9.51. The van der Waals surface area contributed by atoms with Crippen LogP contribution in [0.15, 0.2) is 59.1 Å². The molecule has 0 bridgehead atoms. The number of nitrogens with zero attached hydrogens (tertiary/aromatic N) is 2. The minimum Gasteiger partial charge on any atom is -0.489 e. The molecule has 0 spiro atoms. The molecule has 1 N–H and O–H groups in total. The highest BCUT2D eigenvalue weighted by Crippen LogP contribution is 2.21. The summed E-state index contributed by atoms with van der Waals surface area (Å²) in [5, 5.41) is 16.1. The summed E-state index contributed by atoms with van der Waals surface area (Å²) in [4.78, 5) is 12.2. The molecule has 29 heavy (non-hydrogen) atoms. The normalized spacial score (nSPS) is 11.5. The predicted molar refractivity (Wildman–Crippen MR) is 108 cm³/mol. The minimum absolute atomic E-state index is 0.179. The molecule has 7 heteroatoms. The highest BCUT2D eigenvalue weighted by Gasteiger charge is 2.16. The van der Waals surface area contributed by atoms with Gasteiger partial charge in [0.05, 0.1) is 11.8 Å². The van der Waals surface area contributed by atoms with Crippen LogP contribution in [0.3, 0.4) is 0 Å². The van der Waals surface area contributed by atoms with Gasteiger partial charge in [0, 0.05) is 12.0 Å². The second-order valence-corrected chi connectivity index (χ2v) is 6.84. The second kappa shape index (κ2) is 9.76. The predicted octanol–water partition coefficient (Wildman–Crippen LogP) is 4.53. The Bertz CT molecular complexity index is 975. The molecule has 1 unspecified atom stereocenters. The average molecular weight is 410 g/mol. The van der Waals surface area contributed by atoms with Crippen molar-refractivity contribution in [2.24, 2.45) is 0 Å². The third-order valence-electron chi connectivity index (χ3n) is 4.43. The lowest BCUT2D eigenvalue weighted by Crippen LogP contribution is -2.27. The Labute approximate surface area is 174 Å². The summed E-state index contributed by atoms with van der Waals surface area (Å²) < 4.78 is 10.6. The van der Waals surface area contributed by atoms with Crippen molar-refractivity contribution in [1.29, 1.82) is 5.26 Å². The van der Waals surface area contributed by atoms with E-state index in [4.69, 9.17) is 20.9 Å². The number of halogens is 1. The van der Waals surface area contributed by atoms with Gasteiger partial charge in [0.2, 0.25) is 11.1 Å². The third kappa shape index (κ3) is 5.59. The zero-order valence-electron chi connectivity index (χ0n) is 15.9. The number of benzene rings is 2. The Hall–Kier alpha value is -3.30. The number of amides is 1. The number of carbonyl (C=O) groups is 1. The molecule has 0 radical (unpaired) electrons. The summed E-state index contributed by atoms with van der Waals surface area (Å²) in [6.07, 6.45) is 0.572. The van der Waals surface area contributed by atoms with Gasteiger partial charge in [-0.3, -0.25) is 4.79 Å². The van der Waals surface area contributed by atoms with Gasteiger partial charge < -0.3 is 14.6 Å². The summed E-state index contributed by atoms with van der Waals surface area (Å²) in [6, 6.07) is 18.3. The van der Waals surface area contributed by atoms with E-state index < -0.39 is 6.04 Å². The number of ether oxygens (including phenoxy) is 1. The number of carbonyl (C=O) groups excluding carboxylic acids is 1. The van der Waals surface area contributed by atoms with Crippen LogP contribution in [-0.4, -0.2) is 11.1 Å². The second-order valence-electron chi connectivity index (χ2n) is 6.49. The Morgan fingerprint density at radius 1 is 1.24 bits per heavy atom. The Kier molecular flexibility index (Phi) is 6.88. The summed E-state index contributed by atoms with van der Waals surface area (Å²) in [5.74, 6) is 0.441. The first-order chi connectivity index (χ1) is 14.1. The van der Waals surface area contributed by atoms with Gasteiger partial charge in [0.1, 0.15) is 18.4 Å². The van der Waals surface area contributed by atoms with Crippen molar-refractivity contribution in [1.82, 2.24) is 10.5 Å². The van der Waals surface area contributed by atoms with E-state index in [1.807, 2.05) is 30.3 Å². The zero-order valence-corrected chi connectivity index (χ0v) is 16.6. The summed E-state index contributed by atoms with van der Waals surface area (Å²) in [7, 11) is 0. The number of nitrogens with one attached hydrogen (secondary N) is 1. The SMILES string of the molecule is Cc1noc(Cl)c1CCC(=O)NC(C#N)c1ccc(OCc2ccccc2)cc1. The summed E-state index contributed by atoms with van der Waals surface area (Å²) in [6.45, 7) is 2.23. The fraction of sp³-hybridized carbons (Fsp3) is 0.227. The molecule has 1 heterocycles. The molecule has 2 aromatic carbocycles. The maximum atomic E-state index is 12.2. The smallest absolute Gasteiger partial charge is 0.229 e. The van der Waals surface area contributed by atoms with Crippen molar-refractivity contribution in [2.45, 2.75) is 32.4 Å². The molecular weight excluding hydrogens is 390 g/mol. The lowest BCUT2D eigenvalue weighted by molar-refractivity contribution is -0.121. The van der Waals surface area contributed by atoms with Crippen LogP contribution in [0.1, 0.15) is 34.8 Å². The van der Waals surface area contributed by atoms with Crippen LogP contribution >= 0.6 is 11.6 Å². The first kappa shape index (κ1) is 20.4. The molecule has 148 valence electrons. The monoisotopic (exact) mass is 409 g/mol. The van der Waals surface area contributed by atoms with E-state index in [-0.39, 0.29) is 17.5 Å². The average Bonchev–Trinajstić information content (AvgIpc) is 3.07. The molecule has 6 nitrogen and oxygen atoms in total. The quantitative estimate of drug-likeness (QED) is 0.590. The molecule has 1 aromatic heterocycles. The number of aromatic nitrogens is 1. The molecule has 3 aromatic rings. The number of aryl methyl sites for hydroxylation is 1. The lowest BCUT2D eigenvalue weighted by Gasteiger charge is -2.13. The van der Waals surface area contributed by atoms with Gasteiger partial charge in [0.15, 0.2) is 0 Å². The van der Waals surface area contributed by atoms with Gasteiger partial charge in [-0.1, -0.05) is 47.6 Å². The molecule has 0 aliphatic heterocycles. The van der Waals surface area contributed by atoms with Gasteiger partial charge in [0.25, 0.3) is 0 Å². The number of hydrogen-bond acceptors (Lipinski definition) is 5. The Morgan fingerprint density at radius 2 is 1.97 bits per heavy atom. The van der Waals surface area contributed by atoms with E-state index in [9.17, 15) is 10.1 Å². The van der Waals surface area contributed by atoms with E-state index in [0.29, 0.717) is 35.6 Å². The zero-order chi connectivity index (χ0) is 20.6.